The first-order chi connectivity index (χ1) is 14.1. The van der Waals surface area contributed by atoms with Gasteiger partial charge in [0.15, 0.2) is 5.96 Å². The summed E-state index contributed by atoms with van der Waals surface area (Å²) in [5.41, 5.74) is 1.64. The van der Waals surface area contributed by atoms with Gasteiger partial charge < -0.3 is 20.5 Å². The lowest BCUT2D eigenvalue weighted by Crippen LogP contribution is -2.40. The Morgan fingerprint density at radius 1 is 1.17 bits per heavy atom. The highest BCUT2D eigenvalue weighted by Crippen LogP contribution is 2.29. The molecule has 0 radical (unpaired) electrons. The summed E-state index contributed by atoms with van der Waals surface area (Å²) in [6.45, 7) is 1.05. The SMILES string of the molecule is CN=C(NCCc1ccc(C(=O)OC)cc1)NCC(O)c1cc2ccccc2s1. The summed E-state index contributed by atoms with van der Waals surface area (Å²) in [7, 11) is 3.07. The van der Waals surface area contributed by atoms with Crippen molar-refractivity contribution < 1.29 is 14.6 Å². The number of benzene rings is 2. The molecule has 0 spiro atoms. The van der Waals surface area contributed by atoms with E-state index in [4.69, 9.17) is 4.74 Å². The van der Waals surface area contributed by atoms with E-state index in [2.05, 4.69) is 21.7 Å². The number of nitrogens with zero attached hydrogens (tertiary/aromatic N) is 1. The Labute approximate surface area is 174 Å². The second-order valence-electron chi connectivity index (χ2n) is 6.52. The molecule has 2 aromatic carbocycles. The van der Waals surface area contributed by atoms with Crippen molar-refractivity contribution in [3.63, 3.8) is 0 Å². The van der Waals surface area contributed by atoms with E-state index < -0.39 is 6.10 Å². The van der Waals surface area contributed by atoms with Gasteiger partial charge in [-0.2, -0.15) is 0 Å². The maximum Gasteiger partial charge on any atom is 0.337 e. The van der Waals surface area contributed by atoms with Crippen LogP contribution in [0, 0.1) is 0 Å². The molecule has 0 saturated carbocycles. The minimum absolute atomic E-state index is 0.337. The predicted molar refractivity (Wildman–Crippen MR) is 118 cm³/mol. The number of rotatable bonds is 7. The van der Waals surface area contributed by atoms with Gasteiger partial charge in [0.2, 0.25) is 0 Å². The van der Waals surface area contributed by atoms with Gasteiger partial charge in [0.1, 0.15) is 6.10 Å². The number of hydrogen-bond acceptors (Lipinski definition) is 5. The summed E-state index contributed by atoms with van der Waals surface area (Å²) in [6, 6.07) is 17.5. The van der Waals surface area contributed by atoms with E-state index in [1.807, 2.05) is 36.4 Å². The van der Waals surface area contributed by atoms with Gasteiger partial charge in [-0.25, -0.2) is 4.79 Å². The van der Waals surface area contributed by atoms with E-state index in [0.29, 0.717) is 24.6 Å². The molecule has 3 aromatic rings. The van der Waals surface area contributed by atoms with Crippen LogP contribution in [0.25, 0.3) is 10.1 Å². The van der Waals surface area contributed by atoms with Crippen LogP contribution in [-0.2, 0) is 11.2 Å². The largest absolute Gasteiger partial charge is 0.465 e. The average molecular weight is 412 g/mol. The van der Waals surface area contributed by atoms with E-state index in [-0.39, 0.29) is 5.97 Å². The van der Waals surface area contributed by atoms with Gasteiger partial charge in [-0.05, 0) is 41.6 Å². The van der Waals surface area contributed by atoms with Crippen molar-refractivity contribution in [1.29, 1.82) is 0 Å². The molecule has 7 heteroatoms. The van der Waals surface area contributed by atoms with Gasteiger partial charge in [0.25, 0.3) is 0 Å². The third-order valence-electron chi connectivity index (χ3n) is 4.54. The Bertz CT molecular complexity index is 949. The zero-order valence-electron chi connectivity index (χ0n) is 16.5. The maximum absolute atomic E-state index is 11.5. The number of guanidine groups is 1. The number of ether oxygens (including phenoxy) is 1. The number of aliphatic hydroxyl groups is 1. The molecular weight excluding hydrogens is 386 g/mol. The lowest BCUT2D eigenvalue weighted by molar-refractivity contribution is 0.0600. The number of methoxy groups -OCH3 is 1. The second kappa shape index (κ2) is 10.0. The van der Waals surface area contributed by atoms with Crippen LogP contribution in [-0.4, -0.2) is 44.3 Å². The minimum atomic E-state index is -0.600. The van der Waals surface area contributed by atoms with E-state index in [1.165, 1.54) is 11.8 Å². The van der Waals surface area contributed by atoms with E-state index in [0.717, 1.165) is 22.2 Å². The van der Waals surface area contributed by atoms with Crippen molar-refractivity contribution in [2.24, 2.45) is 4.99 Å². The molecule has 3 N–H and O–H groups in total. The maximum atomic E-state index is 11.5. The summed E-state index contributed by atoms with van der Waals surface area (Å²) in [5.74, 6) is 0.299. The molecule has 152 valence electrons. The number of nitrogens with one attached hydrogen (secondary N) is 2. The molecule has 0 aliphatic carbocycles. The highest BCUT2D eigenvalue weighted by molar-refractivity contribution is 7.19. The van der Waals surface area contributed by atoms with Gasteiger partial charge in [0.05, 0.1) is 12.7 Å². The van der Waals surface area contributed by atoms with Crippen molar-refractivity contribution in [2.75, 3.05) is 27.2 Å². The predicted octanol–water partition coefficient (Wildman–Crippen LogP) is 3.13. The molecule has 0 fully saturated rings. The van der Waals surface area contributed by atoms with Crippen LogP contribution in [0.4, 0.5) is 0 Å². The fourth-order valence-corrected chi connectivity index (χ4v) is 3.98. The fraction of sp³-hybridized carbons (Fsp3) is 0.273. The Kier molecular flexibility index (Phi) is 7.21. The van der Waals surface area contributed by atoms with E-state index in [9.17, 15) is 9.90 Å². The van der Waals surface area contributed by atoms with Crippen LogP contribution in [0.5, 0.6) is 0 Å². The molecule has 1 aromatic heterocycles. The molecule has 29 heavy (non-hydrogen) atoms. The second-order valence-corrected chi connectivity index (χ2v) is 7.64. The lowest BCUT2D eigenvalue weighted by atomic mass is 10.1. The van der Waals surface area contributed by atoms with Crippen LogP contribution in [0.3, 0.4) is 0 Å². The standard InChI is InChI=1S/C22H25N3O3S/c1-23-22(24-12-11-15-7-9-16(10-8-15)21(27)28-2)25-14-18(26)20-13-17-5-3-4-6-19(17)29-20/h3-10,13,18,26H,11-12,14H2,1-2H3,(H2,23,24,25). The van der Waals surface area contributed by atoms with Crippen molar-refractivity contribution >= 4 is 33.4 Å². The number of fused-ring (bicyclic) bond motifs is 1. The Morgan fingerprint density at radius 2 is 1.93 bits per heavy atom. The number of aliphatic hydroxyl groups excluding tert-OH is 1. The van der Waals surface area contributed by atoms with Crippen LogP contribution in [0.15, 0.2) is 59.6 Å². The molecule has 0 aliphatic heterocycles. The van der Waals surface area contributed by atoms with Crippen molar-refractivity contribution in [3.05, 3.63) is 70.6 Å². The zero-order chi connectivity index (χ0) is 20.6. The molecule has 0 saturated heterocycles. The highest BCUT2D eigenvalue weighted by atomic mass is 32.1. The Balaban J connectivity index is 1.46. The van der Waals surface area contributed by atoms with Crippen molar-refractivity contribution in [3.8, 4) is 0 Å². The van der Waals surface area contributed by atoms with Crippen LogP contribution in [0.1, 0.15) is 26.9 Å². The monoisotopic (exact) mass is 411 g/mol. The van der Waals surface area contributed by atoms with E-state index in [1.54, 1.807) is 30.5 Å². The average Bonchev–Trinajstić information content (AvgIpc) is 3.20. The van der Waals surface area contributed by atoms with Crippen molar-refractivity contribution in [2.45, 2.75) is 12.5 Å². The topological polar surface area (TPSA) is 83.0 Å². The smallest absolute Gasteiger partial charge is 0.337 e. The normalized spacial score (nSPS) is 12.6. The lowest BCUT2D eigenvalue weighted by Gasteiger charge is -2.14. The number of hydrogen-bond donors (Lipinski definition) is 3. The van der Waals surface area contributed by atoms with Gasteiger partial charge >= 0.3 is 5.97 Å². The first-order valence-corrected chi connectivity index (χ1v) is 10.2. The summed E-state index contributed by atoms with van der Waals surface area (Å²) in [5, 5.41) is 18.0. The molecule has 0 amide bonds. The first kappa shape index (κ1) is 20.8. The van der Waals surface area contributed by atoms with Crippen LogP contribution < -0.4 is 10.6 Å². The molecule has 0 bridgehead atoms. The number of esters is 1. The summed E-state index contributed by atoms with van der Waals surface area (Å²) >= 11 is 1.60. The van der Waals surface area contributed by atoms with E-state index >= 15 is 0 Å². The number of carbonyl (C=O) groups is 1. The Hall–Kier alpha value is -2.90. The fourth-order valence-electron chi connectivity index (χ4n) is 2.93. The van der Waals surface area contributed by atoms with Crippen LogP contribution >= 0.6 is 11.3 Å². The molecule has 0 aliphatic rings. The Morgan fingerprint density at radius 3 is 2.62 bits per heavy atom. The van der Waals surface area contributed by atoms with Crippen LogP contribution in [0.2, 0.25) is 0 Å². The molecule has 1 atom stereocenters. The van der Waals surface area contributed by atoms with Gasteiger partial charge in [-0.3, -0.25) is 4.99 Å². The third kappa shape index (κ3) is 5.56. The zero-order valence-corrected chi connectivity index (χ0v) is 17.3. The van der Waals surface area contributed by atoms with Gasteiger partial charge in [0, 0.05) is 29.7 Å². The van der Waals surface area contributed by atoms with Gasteiger partial charge in [-0.1, -0.05) is 30.3 Å². The quantitative estimate of drug-likeness (QED) is 0.316. The van der Waals surface area contributed by atoms with Crippen molar-refractivity contribution in [1.82, 2.24) is 10.6 Å². The first-order valence-electron chi connectivity index (χ1n) is 9.39. The minimum Gasteiger partial charge on any atom is -0.465 e. The molecule has 1 heterocycles. The summed E-state index contributed by atoms with van der Waals surface area (Å²) < 4.78 is 5.87. The summed E-state index contributed by atoms with van der Waals surface area (Å²) in [4.78, 5) is 16.6. The highest BCUT2D eigenvalue weighted by Gasteiger charge is 2.12. The number of aliphatic imine (C=N–C) groups is 1. The molecule has 3 rings (SSSR count). The molecule has 6 nitrogen and oxygen atoms in total. The summed E-state index contributed by atoms with van der Waals surface area (Å²) in [6.07, 6.45) is 0.179. The number of thiophene rings is 1. The molecular formula is C22H25N3O3S. The number of carbonyl (C=O) groups excluding carboxylic acids is 1. The molecule has 1 unspecified atom stereocenters. The third-order valence-corrected chi connectivity index (χ3v) is 5.76. The van der Waals surface area contributed by atoms with Gasteiger partial charge in [-0.15, -0.1) is 11.3 Å².